The fraction of sp³-hybridized carbons (Fsp3) is 0.375. The smallest absolute Gasteiger partial charge is 0.317 e. The number of allylic oxidation sites excluding steroid dienone is 3. The van der Waals surface area contributed by atoms with Gasteiger partial charge in [0.05, 0.1) is 6.54 Å². The molecule has 3 heteroatoms. The highest BCUT2D eigenvalue weighted by molar-refractivity contribution is 5.69. The minimum absolute atomic E-state index is 0.0390. The van der Waals surface area contributed by atoms with Gasteiger partial charge in [-0.3, -0.25) is 4.79 Å². The van der Waals surface area contributed by atoms with Crippen LogP contribution >= 0.6 is 0 Å². The third-order valence-electron chi connectivity index (χ3n) is 1.48. The van der Waals surface area contributed by atoms with E-state index in [0.29, 0.717) is 6.54 Å². The lowest BCUT2D eigenvalue weighted by atomic mass is 10.2. The predicted octanol–water partition coefficient (Wildman–Crippen LogP) is 0.547. The number of rotatable bonds is 4. The Morgan fingerprint density at radius 2 is 2.55 bits per heavy atom. The van der Waals surface area contributed by atoms with Gasteiger partial charge in [-0.25, -0.2) is 0 Å². The highest BCUT2D eigenvalue weighted by Crippen LogP contribution is 2.07. The second kappa shape index (κ2) is 3.93. The first kappa shape index (κ1) is 8.01. The van der Waals surface area contributed by atoms with Gasteiger partial charge in [-0.15, -0.1) is 0 Å². The summed E-state index contributed by atoms with van der Waals surface area (Å²) in [5.41, 5.74) is 1.24. The van der Waals surface area contributed by atoms with E-state index in [1.165, 1.54) is 5.57 Å². The van der Waals surface area contributed by atoms with E-state index in [9.17, 15) is 4.79 Å². The van der Waals surface area contributed by atoms with Crippen molar-refractivity contribution in [1.82, 2.24) is 5.32 Å². The summed E-state index contributed by atoms with van der Waals surface area (Å²) in [5, 5.41) is 11.1. The first-order valence-electron chi connectivity index (χ1n) is 3.56. The molecule has 0 heterocycles. The van der Waals surface area contributed by atoms with Gasteiger partial charge in [0.2, 0.25) is 0 Å². The van der Waals surface area contributed by atoms with Crippen LogP contribution in [-0.4, -0.2) is 24.2 Å². The van der Waals surface area contributed by atoms with Crippen molar-refractivity contribution in [2.45, 2.75) is 6.42 Å². The molecule has 2 N–H and O–H groups in total. The van der Waals surface area contributed by atoms with Crippen LogP contribution in [0.4, 0.5) is 0 Å². The molecule has 0 aliphatic heterocycles. The number of hydrogen-bond donors (Lipinski definition) is 2. The third kappa shape index (κ3) is 3.00. The number of hydrogen-bond acceptors (Lipinski definition) is 2. The molecule has 0 fully saturated rings. The third-order valence-corrected chi connectivity index (χ3v) is 1.48. The van der Waals surface area contributed by atoms with Crippen LogP contribution in [0.25, 0.3) is 0 Å². The monoisotopic (exact) mass is 153 g/mol. The van der Waals surface area contributed by atoms with Crippen LogP contribution in [0.5, 0.6) is 0 Å². The Morgan fingerprint density at radius 1 is 1.73 bits per heavy atom. The van der Waals surface area contributed by atoms with Crippen LogP contribution in [0, 0.1) is 0 Å². The summed E-state index contributed by atoms with van der Waals surface area (Å²) in [6.45, 7) is 0.719. The van der Waals surface area contributed by atoms with E-state index in [1.54, 1.807) is 0 Å². The highest BCUT2D eigenvalue weighted by atomic mass is 16.4. The van der Waals surface area contributed by atoms with Gasteiger partial charge in [-0.1, -0.05) is 23.8 Å². The molecular formula is C8H11NO2. The molecule has 0 aromatic heterocycles. The van der Waals surface area contributed by atoms with Gasteiger partial charge < -0.3 is 10.4 Å². The summed E-state index contributed by atoms with van der Waals surface area (Å²) in [7, 11) is 0. The van der Waals surface area contributed by atoms with Crippen LogP contribution in [0.15, 0.2) is 23.8 Å². The molecule has 3 nitrogen and oxygen atoms in total. The van der Waals surface area contributed by atoms with Gasteiger partial charge in [-0.2, -0.15) is 0 Å². The fourth-order valence-corrected chi connectivity index (χ4v) is 0.953. The van der Waals surface area contributed by atoms with Crippen molar-refractivity contribution in [3.05, 3.63) is 23.8 Å². The van der Waals surface area contributed by atoms with Crippen molar-refractivity contribution in [3.63, 3.8) is 0 Å². The van der Waals surface area contributed by atoms with E-state index in [0.717, 1.165) is 6.42 Å². The van der Waals surface area contributed by atoms with Gasteiger partial charge >= 0.3 is 5.97 Å². The lowest BCUT2D eigenvalue weighted by Crippen LogP contribution is -2.24. The maximum atomic E-state index is 10.1. The van der Waals surface area contributed by atoms with Crippen LogP contribution in [-0.2, 0) is 4.79 Å². The molecule has 11 heavy (non-hydrogen) atoms. The molecule has 0 unspecified atom stereocenters. The molecule has 0 atom stereocenters. The Bertz CT molecular complexity index is 206. The van der Waals surface area contributed by atoms with Gasteiger partial charge in [0, 0.05) is 6.54 Å². The molecule has 0 aromatic carbocycles. The highest BCUT2D eigenvalue weighted by Gasteiger charge is 1.99. The maximum absolute atomic E-state index is 10.1. The fourth-order valence-electron chi connectivity index (χ4n) is 0.953. The molecule has 1 aliphatic rings. The molecule has 0 radical (unpaired) electrons. The SMILES string of the molecule is O=C(O)CNCC1=CC=CC1. The zero-order chi connectivity index (χ0) is 8.10. The van der Waals surface area contributed by atoms with Gasteiger partial charge in [0.25, 0.3) is 0 Å². The van der Waals surface area contributed by atoms with Crippen LogP contribution in [0.3, 0.4) is 0 Å². The van der Waals surface area contributed by atoms with Crippen molar-refractivity contribution in [3.8, 4) is 0 Å². The summed E-state index contributed by atoms with van der Waals surface area (Å²) < 4.78 is 0. The van der Waals surface area contributed by atoms with E-state index in [1.807, 2.05) is 12.2 Å². The van der Waals surface area contributed by atoms with E-state index < -0.39 is 5.97 Å². The molecule has 0 bridgehead atoms. The van der Waals surface area contributed by atoms with E-state index in [2.05, 4.69) is 11.4 Å². The quantitative estimate of drug-likeness (QED) is 0.620. The summed E-state index contributed by atoms with van der Waals surface area (Å²) in [5.74, 6) is -0.809. The van der Waals surface area contributed by atoms with E-state index in [4.69, 9.17) is 5.11 Å². The predicted molar refractivity (Wildman–Crippen MR) is 42.3 cm³/mol. The summed E-state index contributed by atoms with van der Waals surface area (Å²) in [6, 6.07) is 0. The van der Waals surface area contributed by atoms with Crippen LogP contribution in [0.2, 0.25) is 0 Å². The van der Waals surface area contributed by atoms with Crippen molar-refractivity contribution in [1.29, 1.82) is 0 Å². The zero-order valence-electron chi connectivity index (χ0n) is 6.21. The summed E-state index contributed by atoms with van der Waals surface area (Å²) in [4.78, 5) is 10.1. The number of carbonyl (C=O) groups is 1. The molecule has 0 spiro atoms. The molecular weight excluding hydrogens is 142 g/mol. The Hall–Kier alpha value is -1.09. The molecule has 0 amide bonds. The number of aliphatic carboxylic acids is 1. The van der Waals surface area contributed by atoms with Crippen molar-refractivity contribution < 1.29 is 9.90 Å². The molecule has 0 aromatic rings. The Balaban J connectivity index is 2.09. The average molecular weight is 153 g/mol. The largest absolute Gasteiger partial charge is 0.480 e. The molecule has 0 saturated heterocycles. The normalized spacial score (nSPS) is 15.1. The van der Waals surface area contributed by atoms with Gasteiger partial charge in [-0.05, 0) is 6.42 Å². The number of carboxylic acid groups (broad SMARTS) is 1. The molecule has 60 valence electrons. The molecule has 1 aliphatic carbocycles. The Morgan fingerprint density at radius 3 is 3.09 bits per heavy atom. The van der Waals surface area contributed by atoms with Crippen molar-refractivity contribution in [2.24, 2.45) is 0 Å². The zero-order valence-corrected chi connectivity index (χ0v) is 6.21. The maximum Gasteiger partial charge on any atom is 0.317 e. The number of carboxylic acids is 1. The summed E-state index contributed by atoms with van der Waals surface area (Å²) >= 11 is 0. The Labute approximate surface area is 65.4 Å². The van der Waals surface area contributed by atoms with Crippen LogP contribution in [0.1, 0.15) is 6.42 Å². The second-order valence-corrected chi connectivity index (χ2v) is 2.45. The van der Waals surface area contributed by atoms with E-state index >= 15 is 0 Å². The van der Waals surface area contributed by atoms with Gasteiger partial charge in [0.15, 0.2) is 0 Å². The topological polar surface area (TPSA) is 49.3 Å². The summed E-state index contributed by atoms with van der Waals surface area (Å²) in [6.07, 6.45) is 7.00. The standard InChI is InChI=1S/C8H11NO2/c10-8(11)6-9-5-7-3-1-2-4-7/h1-3,9H,4-6H2,(H,10,11). The lowest BCUT2D eigenvalue weighted by molar-refractivity contribution is -0.135. The van der Waals surface area contributed by atoms with Crippen LogP contribution < -0.4 is 5.32 Å². The average Bonchev–Trinajstić information content (AvgIpc) is 2.39. The van der Waals surface area contributed by atoms with Crippen molar-refractivity contribution in [2.75, 3.05) is 13.1 Å². The van der Waals surface area contributed by atoms with Crippen molar-refractivity contribution >= 4 is 5.97 Å². The first-order valence-corrected chi connectivity index (χ1v) is 3.56. The second-order valence-electron chi connectivity index (χ2n) is 2.45. The van der Waals surface area contributed by atoms with Gasteiger partial charge in [0.1, 0.15) is 0 Å². The number of nitrogens with one attached hydrogen (secondary N) is 1. The first-order chi connectivity index (χ1) is 5.29. The minimum atomic E-state index is -0.809. The minimum Gasteiger partial charge on any atom is -0.480 e. The Kier molecular flexibility index (Phi) is 2.86. The lowest BCUT2D eigenvalue weighted by Gasteiger charge is -2.00. The van der Waals surface area contributed by atoms with E-state index in [-0.39, 0.29) is 6.54 Å². The molecule has 1 rings (SSSR count). The molecule has 0 saturated carbocycles.